The molecule has 0 fully saturated rings. The fourth-order valence-electron chi connectivity index (χ4n) is 9.75. The molecular weight excluding hydrogens is 1840 g/mol. The Hall–Kier alpha value is 0.0525. The van der Waals surface area contributed by atoms with E-state index in [-0.39, 0.29) is 38.8 Å². The van der Waals surface area contributed by atoms with Crippen molar-refractivity contribution in [3.8, 4) is 0 Å². The van der Waals surface area contributed by atoms with Gasteiger partial charge in [0.15, 0.2) is 0 Å². The van der Waals surface area contributed by atoms with Crippen molar-refractivity contribution in [2.45, 2.75) is 237 Å². The summed E-state index contributed by atoms with van der Waals surface area (Å²) in [5, 5.41) is 65.4. The third-order valence-electron chi connectivity index (χ3n) is 15.5. The average molecular weight is 1950 g/mol. The van der Waals surface area contributed by atoms with E-state index in [1.165, 1.54) is 382 Å². The molecule has 0 N–H and O–H groups in total. The van der Waals surface area contributed by atoms with Gasteiger partial charge in [-0.15, -0.1) is 0 Å². The fourth-order valence-corrected chi connectivity index (χ4v) is 12.7. The van der Waals surface area contributed by atoms with Crippen LogP contribution in [0, 0.1) is 0 Å². The Balaban J connectivity index is -0.000000483. The van der Waals surface area contributed by atoms with Gasteiger partial charge in [0.2, 0.25) is 34.7 Å². The number of carbonyl (C=O) groups excluding carboxylic acids is 6. The molecule has 0 bridgehead atoms. The molecule has 0 aliphatic heterocycles. The third-order valence-corrected chi connectivity index (χ3v) is 21.3. The van der Waals surface area contributed by atoms with E-state index in [2.05, 4.69) is 83.1 Å². The van der Waals surface area contributed by atoms with Crippen molar-refractivity contribution < 1.29 is 90.2 Å². The number of quaternary nitrogens is 3. The number of unbranched alkanes of at least 4 members (excludes halogenated alkanes) is 12. The molecule has 0 saturated carbocycles. The largest absolute Gasteiger partial charge is 3.00 e. The SMILES string of the molecule is CCCC[N+](CCCC)(CCCC)CCCC.CCCC[N+](CCCC)(CCCC)CCCC.CCCC[N+](CCCC)(CCCC)CCCC.O=C1C(=O)C(I)=C([O-])C([O-])=C1I.O=C1C(=O)C(I)=C([O-])C([O-])=C1I.O=C1C(=O)C(I)=C([O-])C([O-])=C1I.[Cr+3]. The predicted molar refractivity (Wildman–Crippen MR) is 394 cm³/mol. The van der Waals surface area contributed by atoms with Crippen LogP contribution < -0.4 is 30.6 Å². The van der Waals surface area contributed by atoms with E-state index in [0.29, 0.717) is 0 Å². The first-order valence-electron chi connectivity index (χ1n) is 32.4. The normalized spacial score (nSPS) is 14.8. The van der Waals surface area contributed by atoms with Crippen molar-refractivity contribution in [1.82, 2.24) is 0 Å². The van der Waals surface area contributed by atoms with Crippen LogP contribution in [0.5, 0.6) is 0 Å². The Labute approximate surface area is 624 Å². The van der Waals surface area contributed by atoms with Crippen molar-refractivity contribution >= 4 is 170 Å². The first kappa shape index (κ1) is 94.5. The van der Waals surface area contributed by atoms with E-state index in [1.54, 1.807) is 0 Å². The smallest absolute Gasteiger partial charge is 0.872 e. The first-order valence-corrected chi connectivity index (χ1v) is 38.8. The minimum absolute atomic E-state index is 0. The number of hydrogen-bond acceptors (Lipinski definition) is 12. The van der Waals surface area contributed by atoms with Gasteiger partial charge in [0, 0.05) is 0 Å². The Morgan fingerprint density at radius 3 is 0.364 bits per heavy atom. The molecule has 0 amide bonds. The maximum Gasteiger partial charge on any atom is 3.00 e. The zero-order valence-electron chi connectivity index (χ0n) is 55.4. The van der Waals surface area contributed by atoms with Gasteiger partial charge in [-0.05, 0) is 213 Å². The van der Waals surface area contributed by atoms with Crippen LogP contribution in [-0.4, -0.2) is 127 Å². The second-order valence-corrected chi connectivity index (χ2v) is 29.3. The second-order valence-electron chi connectivity index (χ2n) is 22.8. The molecule has 88 heavy (non-hydrogen) atoms. The number of ketones is 6. The third kappa shape index (κ3) is 35.7. The molecule has 0 aromatic heterocycles. The summed E-state index contributed by atoms with van der Waals surface area (Å²) in [6.45, 7) is 45.1. The van der Waals surface area contributed by atoms with Gasteiger partial charge in [0.05, 0.1) is 100 Å². The molecule has 3 rings (SSSR count). The number of carbonyl (C=O) groups is 6. The molecule has 0 heterocycles. The maximum absolute atomic E-state index is 10.9. The quantitative estimate of drug-likeness (QED) is 0.0246. The molecule has 3 aliphatic rings. The summed E-state index contributed by atoms with van der Waals surface area (Å²) in [6, 6.07) is 0. The molecule has 0 unspecified atom stereocenters. The van der Waals surface area contributed by atoms with Gasteiger partial charge in [-0.1, -0.05) is 195 Å². The summed E-state index contributed by atoms with van der Waals surface area (Å²) in [7, 11) is 0. The summed E-state index contributed by atoms with van der Waals surface area (Å²) in [4.78, 5) is 65.4. The minimum Gasteiger partial charge on any atom is -0.872 e. The Bertz CT molecular complexity index is 1790. The van der Waals surface area contributed by atoms with Crippen molar-refractivity contribution in [2.75, 3.05) is 78.5 Å². The van der Waals surface area contributed by atoms with E-state index in [4.69, 9.17) is 0 Å². The molecular formula is C66H108CrI6N3O12. The zero-order chi connectivity index (χ0) is 67.3. The number of Topliss-reactive ketones (excluding diaryl/α,β-unsaturated/α-hetero) is 6. The number of halogens is 6. The zero-order valence-corrected chi connectivity index (χ0v) is 69.6. The molecule has 0 atom stereocenters. The molecule has 0 spiro atoms. The van der Waals surface area contributed by atoms with Crippen LogP contribution in [0.25, 0.3) is 0 Å². The summed E-state index contributed by atoms with van der Waals surface area (Å²) in [5.41, 5.74) is 0. The van der Waals surface area contributed by atoms with Crippen LogP contribution >= 0.6 is 136 Å². The van der Waals surface area contributed by atoms with Gasteiger partial charge in [0.25, 0.3) is 0 Å². The summed E-state index contributed by atoms with van der Waals surface area (Å²) in [6.07, 6.45) is 33.2. The minimum atomic E-state index is -0.885. The molecule has 15 nitrogen and oxygen atoms in total. The molecule has 0 aromatic rings. The van der Waals surface area contributed by atoms with Crippen LogP contribution in [0.15, 0.2) is 56.0 Å². The Morgan fingerprint density at radius 2 is 0.295 bits per heavy atom. The van der Waals surface area contributed by atoms with Crippen LogP contribution in [0.3, 0.4) is 0 Å². The van der Waals surface area contributed by atoms with Crippen LogP contribution in [0.2, 0.25) is 0 Å². The number of rotatable bonds is 36. The summed E-state index contributed by atoms with van der Waals surface area (Å²) in [5.74, 6) is -10.6. The average Bonchev–Trinajstić information content (AvgIpc) is 3.37. The molecule has 3 aliphatic carbocycles. The van der Waals surface area contributed by atoms with Crippen LogP contribution in [-0.2, 0) is 46.1 Å². The van der Waals surface area contributed by atoms with Crippen molar-refractivity contribution in [1.29, 1.82) is 0 Å². The topological polar surface area (TPSA) is 241 Å². The van der Waals surface area contributed by atoms with E-state index >= 15 is 0 Å². The second kappa shape index (κ2) is 55.2. The summed E-state index contributed by atoms with van der Waals surface area (Å²) < 4.78 is 2.36. The van der Waals surface area contributed by atoms with Gasteiger partial charge in [-0.25, -0.2) is 0 Å². The number of nitrogens with zero attached hydrogens (tertiary/aromatic N) is 3. The fraction of sp³-hybridized carbons (Fsp3) is 0.727. The van der Waals surface area contributed by atoms with E-state index in [1.807, 2.05) is 0 Å². The van der Waals surface area contributed by atoms with Gasteiger partial charge in [-0.2, -0.15) is 0 Å². The monoisotopic (exact) mass is 1950 g/mol. The first-order chi connectivity index (χ1) is 41.1. The Kier molecular flexibility index (Phi) is 59.3. The predicted octanol–water partition coefficient (Wildman–Crippen LogP) is 12.5. The Morgan fingerprint density at radius 1 is 0.216 bits per heavy atom. The van der Waals surface area contributed by atoms with E-state index < -0.39 is 69.3 Å². The molecule has 0 saturated heterocycles. The van der Waals surface area contributed by atoms with Crippen molar-refractivity contribution in [2.24, 2.45) is 0 Å². The van der Waals surface area contributed by atoms with Gasteiger partial charge < -0.3 is 44.1 Å². The van der Waals surface area contributed by atoms with Gasteiger partial charge >= 0.3 is 17.4 Å². The number of allylic oxidation sites excluding steroid dienone is 6. The van der Waals surface area contributed by atoms with Gasteiger partial charge in [-0.3, -0.25) is 28.8 Å². The molecule has 1 radical (unpaired) electrons. The standard InChI is InChI=1S/3C16H36N.3C6H2I2O4.Cr/c3*1-5-9-13-17(14-10-6-2,15-11-7-3)16-12-8-4;3*7-1-3(9)5(11)2(8)6(12)4(1)10;/h3*5-16H2,1-4H3;3*9,11H;/q3*+1;;;;+3/p-6. The van der Waals surface area contributed by atoms with Crippen LogP contribution in [0.4, 0.5) is 0 Å². The maximum atomic E-state index is 10.9. The van der Waals surface area contributed by atoms with Gasteiger partial charge in [0.1, 0.15) is 0 Å². The molecule has 22 heteroatoms. The van der Waals surface area contributed by atoms with Crippen molar-refractivity contribution in [3.63, 3.8) is 0 Å². The number of hydrogen-bond donors (Lipinski definition) is 0. The van der Waals surface area contributed by atoms with Crippen molar-refractivity contribution in [3.05, 3.63) is 56.0 Å². The van der Waals surface area contributed by atoms with E-state index in [0.717, 1.165) is 0 Å². The van der Waals surface area contributed by atoms with Crippen LogP contribution in [0.1, 0.15) is 237 Å². The van der Waals surface area contributed by atoms with E-state index in [9.17, 15) is 59.4 Å². The molecule has 507 valence electrons. The summed E-state index contributed by atoms with van der Waals surface area (Å²) >= 11 is 8.45. The molecule has 0 aromatic carbocycles.